The van der Waals surface area contributed by atoms with E-state index in [1.54, 1.807) is 0 Å². The molecule has 1 N–H and O–H groups in total. The summed E-state index contributed by atoms with van der Waals surface area (Å²) < 4.78 is 0. The van der Waals surface area contributed by atoms with E-state index in [0.717, 1.165) is 6.54 Å². The number of hydrogen-bond acceptors (Lipinski definition) is 4. The van der Waals surface area contributed by atoms with E-state index in [9.17, 15) is 0 Å². The van der Waals surface area contributed by atoms with Crippen molar-refractivity contribution in [1.29, 1.82) is 0 Å². The number of anilines is 1. The standard InChI is InChI=1S/C13H23N3S/c1-10-11(9-14-13(2,3)4)17-12(15-10)16-7-5-6-8-16/h14H,5-9H2,1-4H3. The van der Waals surface area contributed by atoms with Crippen molar-refractivity contribution < 1.29 is 0 Å². The maximum Gasteiger partial charge on any atom is 0.185 e. The van der Waals surface area contributed by atoms with Crippen LogP contribution in [-0.2, 0) is 6.54 Å². The van der Waals surface area contributed by atoms with Crippen molar-refractivity contribution in [3.63, 3.8) is 0 Å². The first-order valence-electron chi connectivity index (χ1n) is 6.42. The fraction of sp³-hybridized carbons (Fsp3) is 0.769. The maximum absolute atomic E-state index is 4.70. The molecule has 0 radical (unpaired) electrons. The average Bonchev–Trinajstić information content (AvgIpc) is 2.82. The van der Waals surface area contributed by atoms with Crippen molar-refractivity contribution in [2.45, 2.75) is 52.6 Å². The Labute approximate surface area is 108 Å². The smallest absolute Gasteiger partial charge is 0.185 e. The highest BCUT2D eigenvalue weighted by molar-refractivity contribution is 7.15. The van der Waals surface area contributed by atoms with Crippen molar-refractivity contribution in [2.24, 2.45) is 0 Å². The second kappa shape index (κ2) is 4.94. The molecule has 0 unspecified atom stereocenters. The molecule has 1 fully saturated rings. The van der Waals surface area contributed by atoms with Gasteiger partial charge >= 0.3 is 0 Å². The minimum Gasteiger partial charge on any atom is -0.348 e. The predicted octanol–water partition coefficient (Wildman–Crippen LogP) is 2.94. The monoisotopic (exact) mass is 253 g/mol. The Bertz CT molecular complexity index is 373. The summed E-state index contributed by atoms with van der Waals surface area (Å²) in [6.45, 7) is 12.0. The van der Waals surface area contributed by atoms with Gasteiger partial charge in [0.25, 0.3) is 0 Å². The van der Waals surface area contributed by atoms with Crippen molar-refractivity contribution in [2.75, 3.05) is 18.0 Å². The van der Waals surface area contributed by atoms with Crippen LogP contribution in [0.15, 0.2) is 0 Å². The SMILES string of the molecule is Cc1nc(N2CCCC2)sc1CNC(C)(C)C. The minimum absolute atomic E-state index is 0.171. The van der Waals surface area contributed by atoms with E-state index in [0.29, 0.717) is 0 Å². The number of hydrogen-bond donors (Lipinski definition) is 1. The zero-order valence-corrected chi connectivity index (χ0v) is 12.2. The van der Waals surface area contributed by atoms with Crippen LogP contribution in [0.4, 0.5) is 5.13 Å². The van der Waals surface area contributed by atoms with Gasteiger partial charge in [0, 0.05) is 30.1 Å². The molecule has 0 aliphatic carbocycles. The van der Waals surface area contributed by atoms with Crippen LogP contribution in [0.1, 0.15) is 44.2 Å². The Balaban J connectivity index is 2.03. The number of aryl methyl sites for hydroxylation is 1. The van der Waals surface area contributed by atoms with E-state index in [-0.39, 0.29) is 5.54 Å². The van der Waals surface area contributed by atoms with Crippen molar-refractivity contribution in [1.82, 2.24) is 10.3 Å². The van der Waals surface area contributed by atoms with Gasteiger partial charge in [-0.1, -0.05) is 0 Å². The zero-order valence-electron chi connectivity index (χ0n) is 11.3. The Morgan fingerprint density at radius 2 is 1.94 bits per heavy atom. The molecule has 0 aromatic carbocycles. The van der Waals surface area contributed by atoms with Crippen LogP contribution in [0.5, 0.6) is 0 Å². The lowest BCUT2D eigenvalue weighted by atomic mass is 10.1. The van der Waals surface area contributed by atoms with Crippen LogP contribution in [0.2, 0.25) is 0 Å². The first kappa shape index (κ1) is 12.8. The molecule has 4 heteroatoms. The van der Waals surface area contributed by atoms with Crippen LogP contribution < -0.4 is 10.2 Å². The fourth-order valence-electron chi connectivity index (χ4n) is 1.97. The van der Waals surface area contributed by atoms with Gasteiger partial charge in [0.2, 0.25) is 0 Å². The van der Waals surface area contributed by atoms with Crippen LogP contribution in [-0.4, -0.2) is 23.6 Å². The third-order valence-electron chi connectivity index (χ3n) is 3.04. The fourth-order valence-corrected chi connectivity index (χ4v) is 3.02. The maximum atomic E-state index is 4.70. The average molecular weight is 253 g/mol. The minimum atomic E-state index is 0.171. The zero-order chi connectivity index (χ0) is 12.5. The summed E-state index contributed by atoms with van der Waals surface area (Å²) in [4.78, 5) is 8.49. The van der Waals surface area contributed by atoms with Crippen molar-refractivity contribution >= 4 is 16.5 Å². The van der Waals surface area contributed by atoms with E-state index < -0.39 is 0 Å². The van der Waals surface area contributed by atoms with Gasteiger partial charge in [0.1, 0.15) is 0 Å². The van der Waals surface area contributed by atoms with E-state index in [1.807, 2.05) is 11.3 Å². The lowest BCUT2D eigenvalue weighted by molar-refractivity contribution is 0.425. The molecule has 1 aliphatic rings. The highest BCUT2D eigenvalue weighted by Crippen LogP contribution is 2.28. The topological polar surface area (TPSA) is 28.2 Å². The third-order valence-corrected chi connectivity index (χ3v) is 4.26. The molecular formula is C13H23N3S. The van der Waals surface area contributed by atoms with Gasteiger partial charge in [-0.3, -0.25) is 0 Å². The van der Waals surface area contributed by atoms with Gasteiger partial charge in [0.05, 0.1) is 5.69 Å². The number of nitrogens with zero attached hydrogens (tertiary/aromatic N) is 2. The van der Waals surface area contributed by atoms with E-state index >= 15 is 0 Å². The Hall–Kier alpha value is -0.610. The second-order valence-corrected chi connectivity index (χ2v) is 6.86. The number of nitrogens with one attached hydrogen (secondary N) is 1. The molecule has 1 saturated heterocycles. The molecule has 0 bridgehead atoms. The molecule has 96 valence electrons. The van der Waals surface area contributed by atoms with Gasteiger partial charge in [-0.05, 0) is 40.5 Å². The molecule has 2 rings (SSSR count). The number of thiazole rings is 1. The van der Waals surface area contributed by atoms with Crippen LogP contribution >= 0.6 is 11.3 Å². The van der Waals surface area contributed by atoms with E-state index in [1.165, 1.54) is 41.6 Å². The van der Waals surface area contributed by atoms with Gasteiger partial charge in [0.15, 0.2) is 5.13 Å². The van der Waals surface area contributed by atoms with Gasteiger partial charge in [-0.25, -0.2) is 4.98 Å². The summed E-state index contributed by atoms with van der Waals surface area (Å²) in [5, 5.41) is 4.75. The highest BCUT2D eigenvalue weighted by Gasteiger charge is 2.18. The molecule has 2 heterocycles. The first-order chi connectivity index (χ1) is 7.96. The molecule has 0 spiro atoms. The summed E-state index contributed by atoms with van der Waals surface area (Å²) in [6.07, 6.45) is 2.63. The Morgan fingerprint density at radius 3 is 2.53 bits per heavy atom. The lowest BCUT2D eigenvalue weighted by Crippen LogP contribution is -2.34. The van der Waals surface area contributed by atoms with Crippen LogP contribution in [0, 0.1) is 6.92 Å². The molecule has 1 aromatic heterocycles. The quantitative estimate of drug-likeness (QED) is 0.897. The highest BCUT2D eigenvalue weighted by atomic mass is 32.1. The molecule has 1 aromatic rings. The van der Waals surface area contributed by atoms with Crippen LogP contribution in [0.25, 0.3) is 0 Å². The predicted molar refractivity (Wildman–Crippen MR) is 74.9 cm³/mol. The molecular weight excluding hydrogens is 230 g/mol. The summed E-state index contributed by atoms with van der Waals surface area (Å²) in [5.41, 5.74) is 1.36. The van der Waals surface area contributed by atoms with Gasteiger partial charge < -0.3 is 10.2 Å². The van der Waals surface area contributed by atoms with Crippen molar-refractivity contribution in [3.05, 3.63) is 10.6 Å². The van der Waals surface area contributed by atoms with Gasteiger partial charge in [-0.2, -0.15) is 0 Å². The molecule has 1 aliphatic heterocycles. The lowest BCUT2D eigenvalue weighted by Gasteiger charge is -2.20. The largest absolute Gasteiger partial charge is 0.348 e. The number of aromatic nitrogens is 1. The summed E-state index contributed by atoms with van der Waals surface area (Å²) in [5.74, 6) is 0. The molecule has 0 atom stereocenters. The first-order valence-corrected chi connectivity index (χ1v) is 7.24. The third kappa shape index (κ3) is 3.42. The second-order valence-electron chi connectivity index (χ2n) is 5.80. The molecule has 0 saturated carbocycles. The summed E-state index contributed by atoms with van der Waals surface area (Å²) in [6, 6.07) is 0. The summed E-state index contributed by atoms with van der Waals surface area (Å²) in [7, 11) is 0. The normalized spacial score (nSPS) is 16.8. The summed E-state index contributed by atoms with van der Waals surface area (Å²) >= 11 is 1.85. The van der Waals surface area contributed by atoms with E-state index in [2.05, 4.69) is 37.9 Å². The van der Waals surface area contributed by atoms with E-state index in [4.69, 9.17) is 4.98 Å². The number of rotatable bonds is 3. The molecule has 17 heavy (non-hydrogen) atoms. The van der Waals surface area contributed by atoms with Crippen molar-refractivity contribution in [3.8, 4) is 0 Å². The van der Waals surface area contributed by atoms with Crippen LogP contribution in [0.3, 0.4) is 0 Å². The Kier molecular flexibility index (Phi) is 3.73. The molecule has 0 amide bonds. The Morgan fingerprint density at radius 1 is 1.29 bits per heavy atom. The molecule has 3 nitrogen and oxygen atoms in total. The van der Waals surface area contributed by atoms with Gasteiger partial charge in [-0.15, -0.1) is 11.3 Å².